The lowest BCUT2D eigenvalue weighted by atomic mass is 10.1. The van der Waals surface area contributed by atoms with Gasteiger partial charge in [-0.15, -0.1) is 23.7 Å². The summed E-state index contributed by atoms with van der Waals surface area (Å²) in [5.41, 5.74) is 0.456. The molecule has 1 unspecified atom stereocenters. The highest BCUT2D eigenvalue weighted by Gasteiger charge is 2.24. The van der Waals surface area contributed by atoms with Crippen molar-refractivity contribution in [2.75, 3.05) is 19.0 Å². The van der Waals surface area contributed by atoms with Gasteiger partial charge in [0.2, 0.25) is 10.0 Å². The molecule has 0 spiro atoms. The minimum Gasteiger partial charge on any atom is -0.497 e. The number of nitrogens with zero attached hydrogens (tertiary/aromatic N) is 2. The quantitative estimate of drug-likeness (QED) is 0.279. The molecule has 0 fully saturated rings. The van der Waals surface area contributed by atoms with Gasteiger partial charge in [-0.2, -0.15) is 0 Å². The van der Waals surface area contributed by atoms with E-state index in [9.17, 15) is 13.2 Å². The van der Waals surface area contributed by atoms with Gasteiger partial charge in [0, 0.05) is 28.4 Å². The van der Waals surface area contributed by atoms with Gasteiger partial charge >= 0.3 is 5.97 Å². The van der Waals surface area contributed by atoms with E-state index in [1.54, 1.807) is 42.7 Å². The number of carboxylic acids is 1. The summed E-state index contributed by atoms with van der Waals surface area (Å²) < 4.78 is 35.2. The Balaban J connectivity index is 0.00000342. The van der Waals surface area contributed by atoms with Crippen molar-refractivity contribution in [2.45, 2.75) is 17.4 Å². The second-order valence-electron chi connectivity index (χ2n) is 7.38. The molecule has 0 amide bonds. The number of methoxy groups -OCH3 is 1. The monoisotopic (exact) mass is 534 g/mol. The zero-order chi connectivity index (χ0) is 24.1. The Morgan fingerprint density at radius 2 is 2.00 bits per heavy atom. The second-order valence-corrected chi connectivity index (χ2v) is 10.3. The van der Waals surface area contributed by atoms with Gasteiger partial charge < -0.3 is 15.2 Å². The molecule has 1 aromatic carbocycles. The van der Waals surface area contributed by atoms with Crippen LogP contribution in [0.5, 0.6) is 5.75 Å². The van der Waals surface area contributed by atoms with Crippen LogP contribution < -0.4 is 14.8 Å². The van der Waals surface area contributed by atoms with Crippen LogP contribution in [-0.2, 0) is 21.2 Å². The van der Waals surface area contributed by atoms with Crippen molar-refractivity contribution in [3.63, 3.8) is 0 Å². The number of halogens is 1. The molecule has 9 nitrogen and oxygen atoms in total. The molecular weight excluding hydrogens is 512 g/mol. The summed E-state index contributed by atoms with van der Waals surface area (Å²) in [5.74, 6) is 0.0573. The molecule has 0 radical (unpaired) electrons. The number of carbonyl (C=O) groups is 1. The van der Waals surface area contributed by atoms with Crippen LogP contribution >= 0.6 is 23.7 Å². The number of rotatable bonds is 10. The van der Waals surface area contributed by atoms with E-state index in [1.165, 1.54) is 18.5 Å². The number of fused-ring (bicyclic) bond motifs is 1. The first kappa shape index (κ1) is 26.4. The number of nitrogens with one attached hydrogen (secondary N) is 2. The number of thiophene rings is 1. The van der Waals surface area contributed by atoms with E-state index in [1.807, 2.05) is 24.3 Å². The first-order valence-corrected chi connectivity index (χ1v) is 12.6. The number of anilines is 1. The number of sulfonamides is 1. The Morgan fingerprint density at radius 1 is 1.17 bits per heavy atom. The highest BCUT2D eigenvalue weighted by atomic mass is 35.5. The number of hydrogen-bond donors (Lipinski definition) is 3. The van der Waals surface area contributed by atoms with E-state index in [-0.39, 0.29) is 23.8 Å². The Kier molecular flexibility index (Phi) is 8.62. The van der Waals surface area contributed by atoms with Crippen LogP contribution in [-0.4, -0.2) is 43.1 Å². The number of aromatic nitrogens is 2. The highest BCUT2D eigenvalue weighted by Crippen LogP contribution is 2.32. The molecule has 4 rings (SSSR count). The smallest absolute Gasteiger partial charge is 0.322 e. The molecule has 0 bridgehead atoms. The summed E-state index contributed by atoms with van der Waals surface area (Å²) in [7, 11) is -2.28. The van der Waals surface area contributed by atoms with Gasteiger partial charge in [0.05, 0.1) is 18.8 Å². The molecule has 3 aromatic heterocycles. The fraction of sp³-hybridized carbons (Fsp3) is 0.174. The Hall–Kier alpha value is -3.25. The molecule has 4 aromatic rings. The minimum absolute atomic E-state index is 0. The van der Waals surface area contributed by atoms with Gasteiger partial charge in [-0.25, -0.2) is 18.1 Å². The maximum absolute atomic E-state index is 13.1. The summed E-state index contributed by atoms with van der Waals surface area (Å²) in [6, 6.07) is 15.1. The van der Waals surface area contributed by atoms with E-state index >= 15 is 0 Å². The zero-order valence-electron chi connectivity index (χ0n) is 18.5. The van der Waals surface area contributed by atoms with E-state index in [0.29, 0.717) is 17.9 Å². The fourth-order valence-corrected chi connectivity index (χ4v) is 5.68. The summed E-state index contributed by atoms with van der Waals surface area (Å²) in [6.45, 7) is -0.305. The van der Waals surface area contributed by atoms with Gasteiger partial charge in [0.25, 0.3) is 0 Å². The third kappa shape index (κ3) is 6.67. The maximum Gasteiger partial charge on any atom is 0.322 e. The topological polar surface area (TPSA) is 131 Å². The van der Waals surface area contributed by atoms with Crippen molar-refractivity contribution in [3.05, 3.63) is 77.6 Å². The molecule has 0 aliphatic rings. The molecule has 0 aliphatic heterocycles. The van der Waals surface area contributed by atoms with Crippen LogP contribution in [0.3, 0.4) is 0 Å². The van der Waals surface area contributed by atoms with Crippen LogP contribution in [0.15, 0.2) is 71.9 Å². The summed E-state index contributed by atoms with van der Waals surface area (Å²) in [4.78, 5) is 20.3. The summed E-state index contributed by atoms with van der Waals surface area (Å²) in [5, 5.41) is 12.7. The number of benzene rings is 1. The molecule has 12 heteroatoms. The first-order valence-electron chi connectivity index (χ1n) is 10.3. The van der Waals surface area contributed by atoms with Crippen molar-refractivity contribution in [1.82, 2.24) is 14.7 Å². The third-order valence-corrected chi connectivity index (χ3v) is 7.55. The molecule has 0 saturated heterocycles. The van der Waals surface area contributed by atoms with E-state index in [4.69, 9.17) is 9.84 Å². The van der Waals surface area contributed by atoms with Crippen LogP contribution in [0.4, 0.5) is 5.82 Å². The molecule has 3 N–H and O–H groups in total. The largest absolute Gasteiger partial charge is 0.497 e. The minimum atomic E-state index is -3.89. The van der Waals surface area contributed by atoms with Gasteiger partial charge in [0.15, 0.2) is 0 Å². The SMILES string of the molecule is COc1ccc2cc(CC(NS(=O)(=O)c3cccnc3)c3cccc(NCC(=O)O)n3)sc2c1.Cl. The number of carboxylic acid groups (broad SMARTS) is 1. The van der Waals surface area contributed by atoms with Crippen LogP contribution in [0.2, 0.25) is 0 Å². The van der Waals surface area contributed by atoms with E-state index < -0.39 is 22.0 Å². The molecule has 0 saturated carbocycles. The van der Waals surface area contributed by atoms with Gasteiger partial charge in [-0.3, -0.25) is 9.78 Å². The van der Waals surface area contributed by atoms with Crippen molar-refractivity contribution in [1.29, 1.82) is 0 Å². The molecule has 0 aliphatic carbocycles. The van der Waals surface area contributed by atoms with Crippen molar-refractivity contribution in [2.24, 2.45) is 0 Å². The van der Waals surface area contributed by atoms with Crippen LogP contribution in [0.1, 0.15) is 16.6 Å². The second kappa shape index (κ2) is 11.5. The number of pyridine rings is 2. The normalized spacial score (nSPS) is 12.0. The van der Waals surface area contributed by atoms with Gasteiger partial charge in [-0.05, 0) is 53.9 Å². The molecular formula is C23H23ClN4O5S2. The van der Waals surface area contributed by atoms with Crippen molar-refractivity contribution >= 4 is 55.6 Å². The molecule has 184 valence electrons. The summed E-state index contributed by atoms with van der Waals surface area (Å²) >= 11 is 1.54. The number of ether oxygens (including phenoxy) is 1. The molecule has 3 heterocycles. The Morgan fingerprint density at radius 3 is 2.71 bits per heavy atom. The Bertz CT molecular complexity index is 1410. The van der Waals surface area contributed by atoms with Gasteiger partial charge in [-0.1, -0.05) is 6.07 Å². The average Bonchev–Trinajstić information content (AvgIpc) is 3.24. The van der Waals surface area contributed by atoms with Crippen LogP contribution in [0, 0.1) is 0 Å². The molecule has 1 atom stereocenters. The predicted octanol–water partition coefficient (Wildman–Crippen LogP) is 3.88. The molecule has 35 heavy (non-hydrogen) atoms. The lowest BCUT2D eigenvalue weighted by Gasteiger charge is -2.18. The van der Waals surface area contributed by atoms with Gasteiger partial charge in [0.1, 0.15) is 23.0 Å². The van der Waals surface area contributed by atoms with E-state index in [0.717, 1.165) is 20.7 Å². The first-order chi connectivity index (χ1) is 16.3. The zero-order valence-corrected chi connectivity index (χ0v) is 21.0. The van der Waals surface area contributed by atoms with Crippen molar-refractivity contribution < 1.29 is 23.1 Å². The maximum atomic E-state index is 13.1. The predicted molar refractivity (Wildman–Crippen MR) is 137 cm³/mol. The number of hydrogen-bond acceptors (Lipinski definition) is 8. The van der Waals surface area contributed by atoms with Crippen molar-refractivity contribution in [3.8, 4) is 5.75 Å². The Labute approximate surface area is 212 Å². The third-order valence-electron chi connectivity index (χ3n) is 4.97. The summed E-state index contributed by atoms with van der Waals surface area (Å²) in [6.07, 6.45) is 3.13. The standard InChI is InChI=1S/C23H22N4O5S2.ClH/c1-32-16-8-7-15-10-17(33-21(15)11-16)12-20(27-34(30,31)18-4-3-9-24-13-18)19-5-2-6-22(26-19)25-14-23(28)29;/h2-11,13,20,27H,12,14H2,1H3,(H,25,26)(H,28,29);1H. The lowest BCUT2D eigenvalue weighted by Crippen LogP contribution is -2.30. The lowest BCUT2D eigenvalue weighted by molar-refractivity contribution is -0.134. The average molecular weight is 535 g/mol. The van der Waals surface area contributed by atoms with E-state index in [2.05, 4.69) is 20.0 Å². The fourth-order valence-electron chi connectivity index (χ4n) is 3.37. The number of aliphatic carboxylic acids is 1. The van der Waals surface area contributed by atoms with Crippen LogP contribution in [0.25, 0.3) is 10.1 Å². The highest BCUT2D eigenvalue weighted by molar-refractivity contribution is 7.89.